The molecule has 8 heteroatoms. The van der Waals surface area contributed by atoms with E-state index in [0.29, 0.717) is 0 Å². The van der Waals surface area contributed by atoms with Crippen molar-refractivity contribution in [3.05, 3.63) is 29.7 Å². The number of anilines is 1. The number of carbonyl (C=O) groups excluding carboxylic acids is 1. The average Bonchev–Trinajstić information content (AvgIpc) is 3.01. The first-order chi connectivity index (χ1) is 12.2. The van der Waals surface area contributed by atoms with Crippen LogP contribution < -0.4 is 10.6 Å². The summed E-state index contributed by atoms with van der Waals surface area (Å²) in [5.74, 6) is 0.562. The van der Waals surface area contributed by atoms with Crippen molar-refractivity contribution in [2.45, 2.75) is 51.0 Å². The standard InChI is InChI=1S/C17H23N7O/c18-15(25)16-21-11-24(22-16)12-5-4-8-23(9-12)17-13-6-2-1-3-7-14(13)19-10-20-17/h10-12H,1-9H2,(H2,18,25). The largest absolute Gasteiger partial charge is 0.363 e. The van der Waals surface area contributed by atoms with Crippen LogP contribution >= 0.6 is 0 Å². The van der Waals surface area contributed by atoms with E-state index in [1.165, 1.54) is 30.5 Å². The molecule has 8 nitrogen and oxygen atoms in total. The molecule has 1 aliphatic carbocycles. The van der Waals surface area contributed by atoms with E-state index in [1.807, 2.05) is 0 Å². The molecule has 1 fully saturated rings. The molecule has 132 valence electrons. The lowest BCUT2D eigenvalue weighted by Crippen LogP contribution is -2.38. The fraction of sp³-hybridized carbons (Fsp3) is 0.588. The van der Waals surface area contributed by atoms with E-state index in [-0.39, 0.29) is 11.9 Å². The number of piperidine rings is 1. The summed E-state index contributed by atoms with van der Waals surface area (Å²) in [6.07, 6.45) is 11.1. The Balaban J connectivity index is 1.58. The van der Waals surface area contributed by atoms with Crippen molar-refractivity contribution in [2.75, 3.05) is 18.0 Å². The quantitative estimate of drug-likeness (QED) is 0.844. The molecule has 1 saturated heterocycles. The van der Waals surface area contributed by atoms with Gasteiger partial charge in [-0.1, -0.05) is 6.42 Å². The predicted octanol–water partition coefficient (Wildman–Crippen LogP) is 1.28. The predicted molar refractivity (Wildman–Crippen MR) is 92.3 cm³/mol. The summed E-state index contributed by atoms with van der Waals surface area (Å²) >= 11 is 0. The Labute approximate surface area is 146 Å². The smallest absolute Gasteiger partial charge is 0.288 e. The number of hydrogen-bond acceptors (Lipinski definition) is 6. The lowest BCUT2D eigenvalue weighted by molar-refractivity contribution is 0.0990. The topological polar surface area (TPSA) is 103 Å². The molecule has 0 bridgehead atoms. The molecule has 2 aromatic rings. The van der Waals surface area contributed by atoms with Gasteiger partial charge in [-0.2, -0.15) is 0 Å². The van der Waals surface area contributed by atoms with Crippen LogP contribution in [0.4, 0.5) is 5.82 Å². The van der Waals surface area contributed by atoms with Crippen LogP contribution in [0, 0.1) is 0 Å². The highest BCUT2D eigenvalue weighted by molar-refractivity contribution is 5.88. The number of hydrogen-bond donors (Lipinski definition) is 1. The Hall–Kier alpha value is -2.51. The number of aryl methyl sites for hydroxylation is 1. The number of nitrogens with zero attached hydrogens (tertiary/aromatic N) is 6. The SMILES string of the molecule is NC(=O)c1ncn(C2CCCN(c3ncnc4c3CCCCC4)C2)n1. The van der Waals surface area contributed by atoms with Gasteiger partial charge in [0.1, 0.15) is 18.5 Å². The average molecular weight is 341 g/mol. The zero-order chi connectivity index (χ0) is 17.2. The third kappa shape index (κ3) is 3.20. The van der Waals surface area contributed by atoms with Crippen molar-refractivity contribution in [1.29, 1.82) is 0 Å². The van der Waals surface area contributed by atoms with Crippen LogP contribution in [0.25, 0.3) is 0 Å². The maximum Gasteiger partial charge on any atom is 0.288 e. The molecule has 0 saturated carbocycles. The number of fused-ring (bicyclic) bond motifs is 1. The van der Waals surface area contributed by atoms with Gasteiger partial charge in [0, 0.05) is 24.3 Å². The molecule has 2 aliphatic rings. The first-order valence-corrected chi connectivity index (χ1v) is 9.01. The monoisotopic (exact) mass is 341 g/mol. The van der Waals surface area contributed by atoms with Gasteiger partial charge in [0.15, 0.2) is 0 Å². The van der Waals surface area contributed by atoms with E-state index in [9.17, 15) is 4.79 Å². The summed E-state index contributed by atoms with van der Waals surface area (Å²) in [4.78, 5) is 26.7. The molecule has 4 rings (SSSR count). The molecule has 25 heavy (non-hydrogen) atoms. The van der Waals surface area contributed by atoms with E-state index < -0.39 is 5.91 Å². The van der Waals surface area contributed by atoms with Crippen LogP contribution in [0.1, 0.15) is 60.0 Å². The Kier molecular flexibility index (Phi) is 4.33. The second kappa shape index (κ2) is 6.78. The van der Waals surface area contributed by atoms with E-state index in [0.717, 1.165) is 44.6 Å². The number of amides is 1. The Bertz CT molecular complexity index is 772. The number of rotatable bonds is 3. The van der Waals surface area contributed by atoms with E-state index in [4.69, 9.17) is 5.73 Å². The Morgan fingerprint density at radius 2 is 2.00 bits per heavy atom. The van der Waals surface area contributed by atoms with E-state index >= 15 is 0 Å². The summed E-state index contributed by atoms with van der Waals surface area (Å²) in [5.41, 5.74) is 7.79. The molecule has 3 heterocycles. The third-order valence-corrected chi connectivity index (χ3v) is 5.15. The molecular weight excluding hydrogens is 318 g/mol. The van der Waals surface area contributed by atoms with Crippen molar-refractivity contribution in [1.82, 2.24) is 24.7 Å². The minimum atomic E-state index is -0.590. The first kappa shape index (κ1) is 16.0. The molecule has 1 aliphatic heterocycles. The summed E-state index contributed by atoms with van der Waals surface area (Å²) in [7, 11) is 0. The van der Waals surface area contributed by atoms with Crippen molar-refractivity contribution >= 4 is 11.7 Å². The Morgan fingerprint density at radius 3 is 2.84 bits per heavy atom. The number of primary amides is 1. The highest BCUT2D eigenvalue weighted by atomic mass is 16.1. The summed E-state index contributed by atoms with van der Waals surface area (Å²) in [6, 6.07) is 0.172. The fourth-order valence-electron chi connectivity index (χ4n) is 3.88. The second-order valence-corrected chi connectivity index (χ2v) is 6.84. The minimum absolute atomic E-state index is 0.0769. The zero-order valence-corrected chi connectivity index (χ0v) is 14.3. The molecule has 1 unspecified atom stereocenters. The second-order valence-electron chi connectivity index (χ2n) is 6.84. The van der Waals surface area contributed by atoms with Crippen molar-refractivity contribution in [3.8, 4) is 0 Å². The molecule has 2 N–H and O–H groups in total. The van der Waals surface area contributed by atoms with Gasteiger partial charge in [0.05, 0.1) is 6.04 Å². The fourth-order valence-corrected chi connectivity index (χ4v) is 3.88. The molecule has 0 radical (unpaired) electrons. The van der Waals surface area contributed by atoms with Crippen molar-refractivity contribution < 1.29 is 4.79 Å². The summed E-state index contributed by atoms with van der Waals surface area (Å²) in [5, 5.41) is 4.24. The van der Waals surface area contributed by atoms with Crippen LogP contribution in [-0.4, -0.2) is 43.7 Å². The van der Waals surface area contributed by atoms with E-state index in [1.54, 1.807) is 17.3 Å². The third-order valence-electron chi connectivity index (χ3n) is 5.15. The van der Waals surface area contributed by atoms with Gasteiger partial charge in [0.25, 0.3) is 5.91 Å². The van der Waals surface area contributed by atoms with Gasteiger partial charge in [-0.3, -0.25) is 4.79 Å². The lowest BCUT2D eigenvalue weighted by atomic mass is 10.0. The minimum Gasteiger partial charge on any atom is -0.363 e. The highest BCUT2D eigenvalue weighted by Crippen LogP contribution is 2.30. The summed E-state index contributed by atoms with van der Waals surface area (Å²) < 4.78 is 1.77. The van der Waals surface area contributed by atoms with Crippen molar-refractivity contribution in [3.63, 3.8) is 0 Å². The number of carbonyl (C=O) groups is 1. The summed E-state index contributed by atoms with van der Waals surface area (Å²) in [6.45, 7) is 1.79. The van der Waals surface area contributed by atoms with Gasteiger partial charge in [-0.25, -0.2) is 19.6 Å². The van der Waals surface area contributed by atoms with Crippen LogP contribution in [0.2, 0.25) is 0 Å². The van der Waals surface area contributed by atoms with Gasteiger partial charge in [0.2, 0.25) is 5.82 Å². The van der Waals surface area contributed by atoms with Crippen LogP contribution in [0.15, 0.2) is 12.7 Å². The first-order valence-electron chi connectivity index (χ1n) is 9.01. The normalized spacial score (nSPS) is 20.8. The van der Waals surface area contributed by atoms with Gasteiger partial charge >= 0.3 is 0 Å². The molecule has 2 aromatic heterocycles. The van der Waals surface area contributed by atoms with Crippen molar-refractivity contribution in [2.24, 2.45) is 5.73 Å². The maximum atomic E-state index is 11.2. The van der Waals surface area contributed by atoms with Crippen LogP contribution in [0.3, 0.4) is 0 Å². The molecule has 1 amide bonds. The molecule has 1 atom stereocenters. The lowest BCUT2D eigenvalue weighted by Gasteiger charge is -2.34. The zero-order valence-electron chi connectivity index (χ0n) is 14.3. The number of nitrogens with two attached hydrogens (primary N) is 1. The van der Waals surface area contributed by atoms with Gasteiger partial charge < -0.3 is 10.6 Å². The number of aromatic nitrogens is 5. The Morgan fingerprint density at radius 1 is 1.12 bits per heavy atom. The molecular formula is C17H23N7O. The molecule has 0 spiro atoms. The van der Waals surface area contributed by atoms with Crippen LogP contribution in [-0.2, 0) is 12.8 Å². The highest BCUT2D eigenvalue weighted by Gasteiger charge is 2.26. The molecule has 0 aromatic carbocycles. The maximum absolute atomic E-state index is 11.2. The van der Waals surface area contributed by atoms with Crippen LogP contribution in [0.5, 0.6) is 0 Å². The van der Waals surface area contributed by atoms with E-state index in [2.05, 4.69) is 25.0 Å². The van der Waals surface area contributed by atoms with Gasteiger partial charge in [-0.15, -0.1) is 5.10 Å². The van der Waals surface area contributed by atoms with Gasteiger partial charge in [-0.05, 0) is 38.5 Å².